The Labute approximate surface area is 68.1 Å². The molecule has 3 heteroatoms. The highest BCUT2D eigenvalue weighted by Gasteiger charge is 2.11. The molecule has 0 N–H and O–H groups in total. The fourth-order valence-corrected chi connectivity index (χ4v) is 0.639. The smallest absolute Gasteiger partial charge is 0.115 e. The molecule has 0 amide bonds. The highest BCUT2D eigenvalue weighted by Crippen LogP contribution is 2.03. The molecule has 2 atom stereocenters. The van der Waals surface area contributed by atoms with E-state index in [1.54, 1.807) is 6.92 Å². The van der Waals surface area contributed by atoms with Crippen LogP contribution < -0.4 is 0 Å². The average molecular weight is 159 g/mol. The molecule has 0 aliphatic heterocycles. The van der Waals surface area contributed by atoms with Crippen LogP contribution in [0.5, 0.6) is 0 Å². The Morgan fingerprint density at radius 2 is 2.09 bits per heavy atom. The summed E-state index contributed by atoms with van der Waals surface area (Å²) in [6.45, 7) is 6.48. The first kappa shape index (κ1) is 10.6. The van der Waals surface area contributed by atoms with Gasteiger partial charge in [0.1, 0.15) is 6.04 Å². The summed E-state index contributed by atoms with van der Waals surface area (Å²) in [5.41, 5.74) is 0. The van der Waals surface area contributed by atoms with E-state index < -0.39 is 0 Å². The molecular formula is C8H17NO2. The minimum absolute atomic E-state index is 0.0425. The summed E-state index contributed by atoms with van der Waals surface area (Å²) in [7, 11) is 0. The van der Waals surface area contributed by atoms with Gasteiger partial charge in [0.05, 0.1) is 6.10 Å². The predicted octanol–water partition coefficient (Wildman–Crippen LogP) is 2.35. The van der Waals surface area contributed by atoms with Crippen LogP contribution in [0.2, 0.25) is 0 Å². The Bertz CT molecular complexity index is 106. The van der Waals surface area contributed by atoms with Crippen molar-refractivity contribution in [2.75, 3.05) is 6.61 Å². The molecule has 0 aromatic rings. The molecule has 0 aliphatic carbocycles. The van der Waals surface area contributed by atoms with Crippen LogP contribution in [-0.2, 0) is 4.74 Å². The van der Waals surface area contributed by atoms with Gasteiger partial charge in [-0.3, -0.25) is 0 Å². The van der Waals surface area contributed by atoms with Gasteiger partial charge in [-0.05, 0) is 20.3 Å². The normalized spacial score (nSPS) is 15.9. The van der Waals surface area contributed by atoms with Crippen LogP contribution in [-0.4, -0.2) is 18.8 Å². The number of hydrogen-bond donors (Lipinski definition) is 0. The second-order valence-corrected chi connectivity index (χ2v) is 2.78. The monoisotopic (exact) mass is 159 g/mol. The minimum Gasteiger partial charge on any atom is -0.376 e. The second kappa shape index (κ2) is 6.28. The minimum atomic E-state index is -0.230. The van der Waals surface area contributed by atoms with Crippen molar-refractivity contribution in [2.24, 2.45) is 5.18 Å². The number of rotatable bonds is 6. The summed E-state index contributed by atoms with van der Waals surface area (Å²) in [6.07, 6.45) is 2.13. The van der Waals surface area contributed by atoms with Gasteiger partial charge in [0.25, 0.3) is 0 Å². The van der Waals surface area contributed by atoms with Crippen LogP contribution in [0, 0.1) is 4.91 Å². The van der Waals surface area contributed by atoms with Crippen molar-refractivity contribution in [1.82, 2.24) is 0 Å². The van der Waals surface area contributed by atoms with Crippen LogP contribution >= 0.6 is 0 Å². The standard InChI is InChI=1S/C8H17NO2/c1-4-5-6-11-8(3)7(2)9-10/h7-8H,4-6H2,1-3H3/t7?,8-/m0/s1. The van der Waals surface area contributed by atoms with Gasteiger partial charge in [-0.25, -0.2) is 0 Å². The van der Waals surface area contributed by atoms with Crippen molar-refractivity contribution in [3.8, 4) is 0 Å². The Balaban J connectivity index is 3.35. The van der Waals surface area contributed by atoms with E-state index in [4.69, 9.17) is 4.74 Å². The Morgan fingerprint density at radius 1 is 1.45 bits per heavy atom. The maximum Gasteiger partial charge on any atom is 0.115 e. The van der Waals surface area contributed by atoms with Crippen LogP contribution in [0.15, 0.2) is 5.18 Å². The highest BCUT2D eigenvalue weighted by molar-refractivity contribution is 4.66. The molecule has 0 rings (SSSR count). The molecule has 0 aromatic heterocycles. The van der Waals surface area contributed by atoms with Crippen molar-refractivity contribution >= 4 is 0 Å². The zero-order chi connectivity index (χ0) is 8.69. The summed E-state index contributed by atoms with van der Waals surface area (Å²) in [5.74, 6) is 0. The van der Waals surface area contributed by atoms with Gasteiger partial charge in [-0.15, -0.1) is 0 Å². The summed E-state index contributed by atoms with van der Waals surface area (Å²) < 4.78 is 5.34. The zero-order valence-corrected chi connectivity index (χ0v) is 7.54. The molecule has 11 heavy (non-hydrogen) atoms. The molecule has 1 unspecified atom stereocenters. The van der Waals surface area contributed by atoms with Gasteiger partial charge in [0, 0.05) is 6.61 Å². The first-order chi connectivity index (χ1) is 5.22. The summed E-state index contributed by atoms with van der Waals surface area (Å²) >= 11 is 0. The van der Waals surface area contributed by atoms with E-state index in [0.29, 0.717) is 0 Å². The maximum atomic E-state index is 10.0. The lowest BCUT2D eigenvalue weighted by Gasteiger charge is -2.13. The topological polar surface area (TPSA) is 38.7 Å². The largest absolute Gasteiger partial charge is 0.376 e. The lowest BCUT2D eigenvalue weighted by molar-refractivity contribution is 0.0506. The summed E-state index contributed by atoms with van der Waals surface area (Å²) in [5, 5.41) is 2.89. The molecule has 3 nitrogen and oxygen atoms in total. The van der Waals surface area contributed by atoms with Crippen LogP contribution in [0.4, 0.5) is 0 Å². The first-order valence-corrected chi connectivity index (χ1v) is 4.16. The van der Waals surface area contributed by atoms with Gasteiger partial charge < -0.3 is 4.74 Å². The summed E-state index contributed by atoms with van der Waals surface area (Å²) in [6, 6.07) is -0.230. The molecule has 0 aliphatic rings. The van der Waals surface area contributed by atoms with Crippen molar-refractivity contribution in [3.63, 3.8) is 0 Å². The van der Waals surface area contributed by atoms with Gasteiger partial charge >= 0.3 is 0 Å². The van der Waals surface area contributed by atoms with E-state index in [9.17, 15) is 4.91 Å². The van der Waals surface area contributed by atoms with E-state index in [1.807, 2.05) is 6.92 Å². The van der Waals surface area contributed by atoms with Crippen LogP contribution in [0.3, 0.4) is 0 Å². The molecule has 0 bridgehead atoms. The molecule has 0 saturated carbocycles. The lowest BCUT2D eigenvalue weighted by Crippen LogP contribution is -2.21. The fraction of sp³-hybridized carbons (Fsp3) is 1.00. The van der Waals surface area contributed by atoms with Crippen molar-refractivity contribution in [2.45, 2.75) is 45.8 Å². The fourth-order valence-electron chi connectivity index (χ4n) is 0.639. The number of hydrogen-bond acceptors (Lipinski definition) is 3. The number of nitrogens with zero attached hydrogens (tertiary/aromatic N) is 1. The second-order valence-electron chi connectivity index (χ2n) is 2.78. The average Bonchev–Trinajstić information content (AvgIpc) is 2.03. The van der Waals surface area contributed by atoms with E-state index in [0.717, 1.165) is 19.4 Å². The maximum absolute atomic E-state index is 10.0. The number of nitroso groups, excluding NO2 is 1. The molecule has 0 radical (unpaired) electrons. The number of ether oxygens (including phenoxy) is 1. The molecule has 0 heterocycles. The van der Waals surface area contributed by atoms with Gasteiger partial charge in [0.2, 0.25) is 0 Å². The molecule has 0 spiro atoms. The van der Waals surface area contributed by atoms with Gasteiger partial charge in [0.15, 0.2) is 0 Å². The SMILES string of the molecule is CCCCO[C@@H](C)C(C)N=O. The zero-order valence-electron chi connectivity index (χ0n) is 7.54. The number of unbranched alkanes of at least 4 members (excludes halogenated alkanes) is 1. The van der Waals surface area contributed by atoms with Crippen LogP contribution in [0.25, 0.3) is 0 Å². The third kappa shape index (κ3) is 4.90. The van der Waals surface area contributed by atoms with E-state index in [-0.39, 0.29) is 12.1 Å². The van der Waals surface area contributed by atoms with Gasteiger partial charge in [-0.1, -0.05) is 18.5 Å². The quantitative estimate of drug-likeness (QED) is 0.440. The highest BCUT2D eigenvalue weighted by atomic mass is 16.5. The molecule has 66 valence electrons. The molecule has 0 aromatic carbocycles. The van der Waals surface area contributed by atoms with Crippen molar-refractivity contribution < 1.29 is 4.74 Å². The van der Waals surface area contributed by atoms with E-state index in [1.165, 1.54) is 0 Å². The van der Waals surface area contributed by atoms with Crippen molar-refractivity contribution in [3.05, 3.63) is 4.91 Å². The van der Waals surface area contributed by atoms with E-state index >= 15 is 0 Å². The first-order valence-electron chi connectivity index (χ1n) is 4.16. The third-order valence-corrected chi connectivity index (χ3v) is 1.72. The predicted molar refractivity (Wildman–Crippen MR) is 45.6 cm³/mol. The van der Waals surface area contributed by atoms with Gasteiger partial charge in [-0.2, -0.15) is 4.91 Å². The van der Waals surface area contributed by atoms with Crippen LogP contribution in [0.1, 0.15) is 33.6 Å². The Morgan fingerprint density at radius 3 is 2.55 bits per heavy atom. The molecule has 0 fully saturated rings. The Kier molecular flexibility index (Phi) is 6.03. The molecular weight excluding hydrogens is 142 g/mol. The Hall–Kier alpha value is -0.440. The molecule has 0 saturated heterocycles. The van der Waals surface area contributed by atoms with E-state index in [2.05, 4.69) is 12.1 Å². The van der Waals surface area contributed by atoms with Crippen molar-refractivity contribution in [1.29, 1.82) is 0 Å². The third-order valence-electron chi connectivity index (χ3n) is 1.72. The summed E-state index contributed by atoms with van der Waals surface area (Å²) in [4.78, 5) is 10.0. The lowest BCUT2D eigenvalue weighted by atomic mass is 10.2.